The predicted molar refractivity (Wildman–Crippen MR) is 36.6 cm³/mol. The molecular formula is C7H10F5N. The molecule has 1 N–H and O–H groups in total. The molecule has 1 heterocycles. The first kappa shape index (κ1) is 10.7. The average Bonchev–Trinajstić information content (AvgIpc) is 1.91. The Morgan fingerprint density at radius 2 is 1.92 bits per heavy atom. The monoisotopic (exact) mass is 203 g/mol. The van der Waals surface area contributed by atoms with Crippen molar-refractivity contribution in [1.82, 2.24) is 5.32 Å². The second kappa shape index (κ2) is 3.40. The Hall–Kier alpha value is -0.390. The molecule has 0 spiro atoms. The van der Waals surface area contributed by atoms with Crippen LogP contribution in [0.5, 0.6) is 0 Å². The molecule has 0 radical (unpaired) electrons. The van der Waals surface area contributed by atoms with Crippen molar-refractivity contribution >= 4 is 0 Å². The van der Waals surface area contributed by atoms with Crippen LogP contribution < -0.4 is 5.32 Å². The van der Waals surface area contributed by atoms with Gasteiger partial charge in [0.25, 0.3) is 5.92 Å². The Morgan fingerprint density at radius 3 is 2.38 bits per heavy atom. The van der Waals surface area contributed by atoms with Crippen molar-refractivity contribution in [1.29, 1.82) is 0 Å². The van der Waals surface area contributed by atoms with Crippen LogP contribution in [0.4, 0.5) is 22.0 Å². The smallest absolute Gasteiger partial charge is 0.316 e. The third-order valence-corrected chi connectivity index (χ3v) is 2.10. The lowest BCUT2D eigenvalue weighted by Gasteiger charge is -2.32. The van der Waals surface area contributed by atoms with Crippen LogP contribution >= 0.6 is 0 Å². The number of piperidine rings is 1. The molecule has 1 atom stereocenters. The van der Waals surface area contributed by atoms with Crippen LogP contribution in [-0.2, 0) is 0 Å². The second-order valence-corrected chi connectivity index (χ2v) is 3.23. The van der Waals surface area contributed by atoms with E-state index in [1.165, 1.54) is 0 Å². The molecule has 0 bridgehead atoms. The lowest BCUT2D eigenvalue weighted by molar-refractivity contribution is -0.178. The molecule has 1 saturated heterocycles. The fourth-order valence-electron chi connectivity index (χ4n) is 1.39. The van der Waals surface area contributed by atoms with Crippen molar-refractivity contribution in [3.63, 3.8) is 0 Å². The van der Waals surface area contributed by atoms with Gasteiger partial charge in [-0.25, -0.2) is 8.78 Å². The van der Waals surface area contributed by atoms with Gasteiger partial charge < -0.3 is 5.32 Å². The Labute approximate surface area is 72.3 Å². The fourth-order valence-corrected chi connectivity index (χ4v) is 1.39. The molecule has 0 saturated carbocycles. The van der Waals surface area contributed by atoms with Gasteiger partial charge in [-0.2, -0.15) is 13.2 Å². The Balaban J connectivity index is 2.56. The van der Waals surface area contributed by atoms with Crippen LogP contribution in [0.3, 0.4) is 0 Å². The van der Waals surface area contributed by atoms with E-state index in [2.05, 4.69) is 5.32 Å². The van der Waals surface area contributed by atoms with E-state index in [1.807, 2.05) is 0 Å². The van der Waals surface area contributed by atoms with Gasteiger partial charge in [0, 0.05) is 25.4 Å². The van der Waals surface area contributed by atoms with Crippen molar-refractivity contribution in [3.8, 4) is 0 Å². The summed E-state index contributed by atoms with van der Waals surface area (Å²) in [5, 5.41) is 2.53. The first-order chi connectivity index (χ1) is 5.81. The van der Waals surface area contributed by atoms with Crippen LogP contribution in [0, 0.1) is 5.92 Å². The van der Waals surface area contributed by atoms with Crippen molar-refractivity contribution in [2.45, 2.75) is 24.9 Å². The predicted octanol–water partition coefficient (Wildman–Crippen LogP) is 2.18. The van der Waals surface area contributed by atoms with Gasteiger partial charge in [-0.3, -0.25) is 0 Å². The van der Waals surface area contributed by atoms with E-state index in [9.17, 15) is 22.0 Å². The molecule has 13 heavy (non-hydrogen) atoms. The number of rotatable bonds is 1. The number of hydrogen-bond donors (Lipinski definition) is 1. The highest BCUT2D eigenvalue weighted by Crippen LogP contribution is 2.37. The number of alkyl halides is 5. The molecule has 1 nitrogen and oxygen atoms in total. The van der Waals surface area contributed by atoms with Gasteiger partial charge in [0.05, 0.1) is 6.42 Å². The summed E-state index contributed by atoms with van der Waals surface area (Å²) in [5.74, 6) is -4.79. The first-order valence-corrected chi connectivity index (χ1v) is 3.96. The zero-order chi connectivity index (χ0) is 10.1. The first-order valence-electron chi connectivity index (χ1n) is 3.96. The quantitative estimate of drug-likeness (QED) is 0.644. The normalized spacial score (nSPS) is 28.8. The van der Waals surface area contributed by atoms with E-state index in [1.54, 1.807) is 0 Å². The topological polar surface area (TPSA) is 12.0 Å². The van der Waals surface area contributed by atoms with Gasteiger partial charge in [-0.05, 0) is 0 Å². The highest BCUT2D eigenvalue weighted by Gasteiger charge is 2.46. The maximum absolute atomic E-state index is 12.9. The third-order valence-electron chi connectivity index (χ3n) is 2.10. The minimum atomic E-state index is -4.51. The van der Waals surface area contributed by atoms with E-state index < -0.39 is 30.9 Å². The zero-order valence-corrected chi connectivity index (χ0v) is 6.80. The van der Waals surface area contributed by atoms with Gasteiger partial charge in [-0.15, -0.1) is 0 Å². The molecule has 1 aliphatic rings. The molecule has 0 aliphatic carbocycles. The molecule has 0 aromatic heterocycles. The molecule has 1 unspecified atom stereocenters. The molecular weight excluding hydrogens is 193 g/mol. The highest BCUT2D eigenvalue weighted by molar-refractivity contribution is 4.85. The van der Waals surface area contributed by atoms with Crippen LogP contribution in [0.15, 0.2) is 0 Å². The molecule has 0 amide bonds. The van der Waals surface area contributed by atoms with Gasteiger partial charge in [0.1, 0.15) is 0 Å². The Morgan fingerprint density at radius 1 is 1.31 bits per heavy atom. The standard InChI is InChI=1S/C7H10F5N/c8-6(9)1-2-13-4-5(6)3-7(10,11)12/h5,13H,1-4H2. The van der Waals surface area contributed by atoms with Crippen molar-refractivity contribution in [2.24, 2.45) is 5.92 Å². The summed E-state index contributed by atoms with van der Waals surface area (Å²) in [6, 6.07) is 0. The zero-order valence-electron chi connectivity index (χ0n) is 6.80. The summed E-state index contributed by atoms with van der Waals surface area (Å²) in [7, 11) is 0. The summed E-state index contributed by atoms with van der Waals surface area (Å²) in [6.07, 6.45) is -6.42. The van der Waals surface area contributed by atoms with Crippen LogP contribution in [0.2, 0.25) is 0 Å². The van der Waals surface area contributed by atoms with Crippen molar-refractivity contribution in [3.05, 3.63) is 0 Å². The Bertz CT molecular complexity index is 176. The average molecular weight is 203 g/mol. The fraction of sp³-hybridized carbons (Fsp3) is 1.00. The number of nitrogens with one attached hydrogen (secondary N) is 1. The van der Waals surface area contributed by atoms with E-state index in [0.717, 1.165) is 0 Å². The van der Waals surface area contributed by atoms with Gasteiger partial charge in [-0.1, -0.05) is 0 Å². The van der Waals surface area contributed by atoms with Gasteiger partial charge in [0.15, 0.2) is 0 Å². The van der Waals surface area contributed by atoms with E-state index in [-0.39, 0.29) is 13.1 Å². The second-order valence-electron chi connectivity index (χ2n) is 3.23. The lowest BCUT2D eigenvalue weighted by Crippen LogP contribution is -2.46. The SMILES string of the molecule is FC(F)(F)CC1CNCCC1(F)F. The highest BCUT2D eigenvalue weighted by atomic mass is 19.4. The molecule has 1 aliphatic heterocycles. The summed E-state index contributed by atoms with van der Waals surface area (Å²) < 4.78 is 61.2. The molecule has 6 heteroatoms. The van der Waals surface area contributed by atoms with Crippen LogP contribution in [-0.4, -0.2) is 25.2 Å². The lowest BCUT2D eigenvalue weighted by atomic mass is 9.92. The summed E-state index contributed by atoms with van der Waals surface area (Å²) in [4.78, 5) is 0. The molecule has 0 aromatic carbocycles. The van der Waals surface area contributed by atoms with Crippen LogP contribution in [0.1, 0.15) is 12.8 Å². The van der Waals surface area contributed by atoms with Gasteiger partial charge >= 0.3 is 6.18 Å². The number of hydrogen-bond acceptors (Lipinski definition) is 1. The molecule has 0 aromatic rings. The number of halogens is 5. The largest absolute Gasteiger partial charge is 0.389 e. The molecule has 1 fully saturated rings. The maximum atomic E-state index is 12.9. The van der Waals surface area contributed by atoms with E-state index >= 15 is 0 Å². The van der Waals surface area contributed by atoms with Gasteiger partial charge in [0.2, 0.25) is 0 Å². The summed E-state index contributed by atoms with van der Waals surface area (Å²) >= 11 is 0. The minimum absolute atomic E-state index is 0.0847. The summed E-state index contributed by atoms with van der Waals surface area (Å²) in [6.45, 7) is -0.173. The summed E-state index contributed by atoms with van der Waals surface area (Å²) in [5.41, 5.74) is 0. The molecule has 1 rings (SSSR count). The van der Waals surface area contributed by atoms with Crippen molar-refractivity contribution < 1.29 is 22.0 Å². The van der Waals surface area contributed by atoms with E-state index in [0.29, 0.717) is 0 Å². The van der Waals surface area contributed by atoms with Crippen molar-refractivity contribution in [2.75, 3.05) is 13.1 Å². The Kier molecular flexibility index (Phi) is 2.79. The maximum Gasteiger partial charge on any atom is 0.389 e. The minimum Gasteiger partial charge on any atom is -0.316 e. The van der Waals surface area contributed by atoms with Crippen LogP contribution in [0.25, 0.3) is 0 Å². The third kappa shape index (κ3) is 3.10. The van der Waals surface area contributed by atoms with E-state index in [4.69, 9.17) is 0 Å². The molecule has 78 valence electrons.